The van der Waals surface area contributed by atoms with Crippen molar-refractivity contribution in [3.8, 4) is 28.5 Å². The number of hydrogen-bond donors (Lipinski definition) is 1. The number of hydrogen-bond acceptors (Lipinski definition) is 6. The van der Waals surface area contributed by atoms with Gasteiger partial charge in [-0.25, -0.2) is 9.89 Å². The standard InChI is InChI=1S/C29H29F3N8O2/c1-3-5-8-20-18-40(27-23(25(41)29(30,31)32)13-15-38(27)14-4-2)28(42)39(20)17-19-11-12-24(33-16-19)21-9-6-7-10-22(21)26-34-36-37-35-26/h6-7,9-13,15-16,18H,3-5,8,14,17H2,1-2H3,(H,34,35,36,37). The van der Waals surface area contributed by atoms with Crippen LogP contribution in [0.15, 0.2) is 65.8 Å². The van der Waals surface area contributed by atoms with Gasteiger partial charge in [-0.2, -0.15) is 13.2 Å². The van der Waals surface area contributed by atoms with Gasteiger partial charge >= 0.3 is 11.9 Å². The van der Waals surface area contributed by atoms with Gasteiger partial charge in [-0.1, -0.05) is 50.6 Å². The van der Waals surface area contributed by atoms with E-state index in [1.54, 1.807) is 12.4 Å². The number of aromatic amines is 1. The Hall–Kier alpha value is -4.81. The van der Waals surface area contributed by atoms with Crippen molar-refractivity contribution in [2.45, 2.75) is 58.8 Å². The van der Waals surface area contributed by atoms with Crippen LogP contribution < -0.4 is 5.69 Å². The second-order valence-corrected chi connectivity index (χ2v) is 9.88. The van der Waals surface area contributed by atoms with Crippen LogP contribution in [0.2, 0.25) is 0 Å². The van der Waals surface area contributed by atoms with E-state index in [0.717, 1.165) is 35.6 Å². The van der Waals surface area contributed by atoms with Crippen molar-refractivity contribution in [3.63, 3.8) is 0 Å². The predicted octanol–water partition coefficient (Wildman–Crippen LogP) is 5.23. The maximum absolute atomic E-state index is 13.8. The highest BCUT2D eigenvalue weighted by atomic mass is 19.4. The Morgan fingerprint density at radius 1 is 1.02 bits per heavy atom. The second kappa shape index (κ2) is 12.0. The summed E-state index contributed by atoms with van der Waals surface area (Å²) in [6.07, 6.45) is 2.35. The van der Waals surface area contributed by atoms with Crippen LogP contribution >= 0.6 is 0 Å². The molecule has 0 amide bonds. The van der Waals surface area contributed by atoms with Crippen LogP contribution in [-0.4, -0.2) is 51.3 Å². The van der Waals surface area contributed by atoms with E-state index >= 15 is 0 Å². The first-order valence-electron chi connectivity index (χ1n) is 13.6. The Kier molecular flexibility index (Phi) is 8.18. The van der Waals surface area contributed by atoms with Gasteiger partial charge in [0.25, 0.3) is 5.78 Å². The van der Waals surface area contributed by atoms with Gasteiger partial charge < -0.3 is 4.57 Å². The molecule has 4 heterocycles. The average Bonchev–Trinajstić information content (AvgIpc) is 3.72. The fraction of sp³-hybridized carbons (Fsp3) is 0.310. The number of pyridine rings is 1. The molecule has 1 N–H and O–H groups in total. The number of tetrazole rings is 1. The van der Waals surface area contributed by atoms with Gasteiger partial charge in [-0.3, -0.25) is 18.9 Å². The molecule has 0 fully saturated rings. The Bertz CT molecular complexity index is 1730. The lowest BCUT2D eigenvalue weighted by Crippen LogP contribution is -2.29. The number of benzene rings is 1. The van der Waals surface area contributed by atoms with Crippen molar-refractivity contribution >= 4 is 5.78 Å². The Morgan fingerprint density at radius 3 is 2.45 bits per heavy atom. The van der Waals surface area contributed by atoms with E-state index in [1.165, 1.54) is 19.9 Å². The molecule has 42 heavy (non-hydrogen) atoms. The Morgan fingerprint density at radius 2 is 1.81 bits per heavy atom. The molecule has 0 spiro atoms. The van der Waals surface area contributed by atoms with Crippen molar-refractivity contribution in [3.05, 3.63) is 88.4 Å². The molecule has 0 saturated carbocycles. The molecule has 218 valence electrons. The number of H-pyrrole nitrogens is 1. The molecule has 0 aliphatic rings. The number of aryl methyl sites for hydroxylation is 2. The molecule has 0 saturated heterocycles. The van der Waals surface area contributed by atoms with Crippen molar-refractivity contribution in [1.82, 2.24) is 39.3 Å². The Labute approximate surface area is 238 Å². The van der Waals surface area contributed by atoms with Crippen molar-refractivity contribution in [2.75, 3.05) is 0 Å². The summed E-state index contributed by atoms with van der Waals surface area (Å²) in [5.74, 6) is -1.56. The smallest absolute Gasteiger partial charge is 0.333 e. The third-order valence-electron chi connectivity index (χ3n) is 6.95. The minimum atomic E-state index is -5.07. The lowest BCUT2D eigenvalue weighted by Gasteiger charge is -2.12. The van der Waals surface area contributed by atoms with Gasteiger partial charge in [-0.05, 0) is 47.4 Å². The van der Waals surface area contributed by atoms with Crippen molar-refractivity contribution in [1.29, 1.82) is 0 Å². The summed E-state index contributed by atoms with van der Waals surface area (Å²) in [5.41, 5.74) is 2.57. The second-order valence-electron chi connectivity index (χ2n) is 9.88. The largest absolute Gasteiger partial charge is 0.455 e. The van der Waals surface area contributed by atoms with Crippen LogP contribution in [0.3, 0.4) is 0 Å². The van der Waals surface area contributed by atoms with E-state index < -0.39 is 23.2 Å². The highest BCUT2D eigenvalue weighted by Gasteiger charge is 2.42. The predicted molar refractivity (Wildman–Crippen MR) is 149 cm³/mol. The lowest BCUT2D eigenvalue weighted by atomic mass is 10.0. The van der Waals surface area contributed by atoms with E-state index in [1.807, 2.05) is 50.2 Å². The summed E-state index contributed by atoms with van der Waals surface area (Å²) in [6, 6.07) is 12.3. The maximum Gasteiger partial charge on any atom is 0.455 e. The number of alkyl halides is 3. The molecule has 0 bridgehead atoms. The van der Waals surface area contributed by atoms with E-state index in [-0.39, 0.29) is 12.4 Å². The normalized spacial score (nSPS) is 11.7. The van der Waals surface area contributed by atoms with Crippen LogP contribution in [0.5, 0.6) is 0 Å². The Balaban J connectivity index is 1.53. The number of nitrogens with one attached hydrogen (secondary N) is 1. The summed E-state index contributed by atoms with van der Waals surface area (Å²) in [7, 11) is 0. The number of imidazole rings is 1. The number of ketones is 1. The molecule has 4 aromatic heterocycles. The zero-order valence-corrected chi connectivity index (χ0v) is 23.1. The minimum absolute atomic E-state index is 0.0762. The SMILES string of the molecule is CCCCc1cn(-c2c(C(=O)C(F)(F)F)ccn2CCC)c(=O)n1Cc1ccc(-c2ccccc2-c2nnn[nH]2)nc1. The van der Waals surface area contributed by atoms with E-state index in [2.05, 4.69) is 25.6 Å². The van der Waals surface area contributed by atoms with Crippen LogP contribution in [0.4, 0.5) is 13.2 Å². The summed E-state index contributed by atoms with van der Waals surface area (Å²) in [5, 5.41) is 14.0. The highest BCUT2D eigenvalue weighted by molar-refractivity contribution is 6.03. The van der Waals surface area contributed by atoms with E-state index in [4.69, 9.17) is 0 Å². The third kappa shape index (κ3) is 5.67. The molecular formula is C29H29F3N8O2. The molecule has 0 unspecified atom stereocenters. The van der Waals surface area contributed by atoms with Gasteiger partial charge in [-0.15, -0.1) is 5.10 Å². The lowest BCUT2D eigenvalue weighted by molar-refractivity contribution is -0.0885. The zero-order chi connectivity index (χ0) is 29.9. The monoisotopic (exact) mass is 578 g/mol. The minimum Gasteiger partial charge on any atom is -0.333 e. The number of carbonyl (C=O) groups is 1. The first-order chi connectivity index (χ1) is 20.2. The molecule has 5 aromatic rings. The molecule has 0 radical (unpaired) electrons. The third-order valence-corrected chi connectivity index (χ3v) is 6.95. The molecule has 1 aromatic carbocycles. The summed E-state index contributed by atoms with van der Waals surface area (Å²) in [4.78, 5) is 30.7. The van der Waals surface area contributed by atoms with Gasteiger partial charge in [0.05, 0.1) is 17.8 Å². The first kappa shape index (κ1) is 28.7. The van der Waals surface area contributed by atoms with Gasteiger partial charge in [0.1, 0.15) is 5.82 Å². The van der Waals surface area contributed by atoms with E-state index in [9.17, 15) is 22.8 Å². The fourth-order valence-corrected chi connectivity index (χ4v) is 4.94. The van der Waals surface area contributed by atoms with Crippen LogP contribution in [0.1, 0.15) is 54.7 Å². The van der Waals surface area contributed by atoms with Crippen LogP contribution in [-0.2, 0) is 19.5 Å². The number of aromatic nitrogens is 8. The molecule has 0 aliphatic heterocycles. The fourth-order valence-electron chi connectivity index (χ4n) is 4.94. The number of nitrogens with zero attached hydrogens (tertiary/aromatic N) is 7. The quantitative estimate of drug-likeness (QED) is 0.215. The van der Waals surface area contributed by atoms with Crippen molar-refractivity contribution < 1.29 is 18.0 Å². The molecule has 13 heteroatoms. The van der Waals surface area contributed by atoms with Crippen LogP contribution in [0.25, 0.3) is 28.5 Å². The summed E-state index contributed by atoms with van der Waals surface area (Å²) >= 11 is 0. The topological polar surface area (TPSA) is 116 Å². The number of rotatable bonds is 11. The molecule has 10 nitrogen and oxygen atoms in total. The van der Waals surface area contributed by atoms with Gasteiger partial charge in [0, 0.05) is 42.0 Å². The number of Topliss-reactive ketones (excluding diaryl/α,β-unsaturated/α-hetero) is 1. The maximum atomic E-state index is 13.8. The summed E-state index contributed by atoms with van der Waals surface area (Å²) < 4.78 is 44.6. The van der Waals surface area contributed by atoms with Gasteiger partial charge in [0.15, 0.2) is 5.82 Å². The average molecular weight is 579 g/mol. The molecule has 0 atom stereocenters. The number of halogens is 3. The highest BCUT2D eigenvalue weighted by Crippen LogP contribution is 2.29. The van der Waals surface area contributed by atoms with Crippen molar-refractivity contribution in [2.24, 2.45) is 0 Å². The molecule has 0 aliphatic carbocycles. The number of unbranched alkanes of at least 4 members (excludes halogenated alkanes) is 1. The van der Waals surface area contributed by atoms with E-state index in [0.29, 0.717) is 36.6 Å². The first-order valence-corrected chi connectivity index (χ1v) is 13.6. The summed E-state index contributed by atoms with van der Waals surface area (Å²) in [6.45, 7) is 4.39. The van der Waals surface area contributed by atoms with Crippen LogP contribution in [0, 0.1) is 0 Å². The zero-order valence-electron chi connectivity index (χ0n) is 23.1. The van der Waals surface area contributed by atoms with Gasteiger partial charge in [0.2, 0.25) is 0 Å². The molecular weight excluding hydrogens is 549 g/mol. The molecule has 5 rings (SSSR count). The number of carbonyl (C=O) groups excluding carboxylic acids is 1.